The van der Waals surface area contributed by atoms with Crippen LogP contribution in [0.4, 0.5) is 0 Å². The molecule has 0 aromatic heterocycles. The minimum absolute atomic E-state index is 0.0504. The lowest BCUT2D eigenvalue weighted by atomic mass is 9.77. The van der Waals surface area contributed by atoms with Crippen LogP contribution in [0.25, 0.3) is 0 Å². The van der Waals surface area contributed by atoms with E-state index in [1.807, 2.05) is 43.3 Å². The summed E-state index contributed by atoms with van der Waals surface area (Å²) in [5.74, 6) is -0.722. The lowest BCUT2D eigenvalue weighted by molar-refractivity contribution is -0.151. The van der Waals surface area contributed by atoms with Crippen LogP contribution < -0.4 is 4.74 Å². The molecule has 0 N–H and O–H groups in total. The van der Waals surface area contributed by atoms with E-state index in [-0.39, 0.29) is 24.0 Å². The van der Waals surface area contributed by atoms with Crippen LogP contribution in [0, 0.1) is 11.8 Å². The second kappa shape index (κ2) is 5.59. The van der Waals surface area contributed by atoms with Gasteiger partial charge in [0.25, 0.3) is 0 Å². The Bertz CT molecular complexity index is 743. The number of carbonyl (C=O) groups is 2. The molecule has 5 atom stereocenters. The van der Waals surface area contributed by atoms with Crippen LogP contribution in [0.5, 0.6) is 5.75 Å². The molecule has 2 fully saturated rings. The zero-order chi connectivity index (χ0) is 17.8. The van der Waals surface area contributed by atoms with Crippen molar-refractivity contribution in [2.24, 2.45) is 11.8 Å². The second-order valence-electron chi connectivity index (χ2n) is 6.84. The predicted octanol–water partition coefficient (Wildman–Crippen LogP) is 1.71. The highest BCUT2D eigenvalue weighted by atomic mass is 16.5. The first-order valence-electron chi connectivity index (χ1n) is 8.40. The Morgan fingerprint density at radius 3 is 2.68 bits per heavy atom. The van der Waals surface area contributed by atoms with E-state index in [2.05, 4.69) is 0 Å². The topological polar surface area (TPSA) is 65.1 Å². The lowest BCUT2D eigenvalue weighted by Crippen LogP contribution is -2.39. The molecular weight excluding hydrogens is 322 g/mol. The predicted molar refractivity (Wildman–Crippen MR) is 88.9 cm³/mol. The van der Waals surface area contributed by atoms with Crippen LogP contribution in [0.3, 0.4) is 0 Å². The fourth-order valence-electron chi connectivity index (χ4n) is 4.32. The summed E-state index contributed by atoms with van der Waals surface area (Å²) in [5, 5.41) is 0. The quantitative estimate of drug-likeness (QED) is 0.615. The number of nitrogens with zero attached hydrogens (tertiary/aromatic N) is 1. The largest absolute Gasteiger partial charge is 0.497 e. The Labute approximate surface area is 146 Å². The SMILES string of the molecule is COC(=O)[C@H]1[C@H]2C(=O)N([C@H](C)c3ccc(OC)cc3)C[C@]23C=C[C@H]1O3. The molecule has 3 aliphatic heterocycles. The van der Waals surface area contributed by atoms with Gasteiger partial charge in [0.2, 0.25) is 5.91 Å². The van der Waals surface area contributed by atoms with Crippen molar-refractivity contribution in [3.63, 3.8) is 0 Å². The summed E-state index contributed by atoms with van der Waals surface area (Å²) in [6.45, 7) is 2.44. The highest BCUT2D eigenvalue weighted by molar-refractivity contribution is 5.91. The molecule has 3 aliphatic rings. The number of ether oxygens (including phenoxy) is 3. The second-order valence-corrected chi connectivity index (χ2v) is 6.84. The summed E-state index contributed by atoms with van der Waals surface area (Å²) in [6, 6.07) is 7.55. The van der Waals surface area contributed by atoms with Crippen molar-refractivity contribution >= 4 is 11.9 Å². The van der Waals surface area contributed by atoms with Crippen LogP contribution in [-0.4, -0.2) is 49.2 Å². The van der Waals surface area contributed by atoms with Gasteiger partial charge in [0, 0.05) is 0 Å². The maximum absolute atomic E-state index is 13.1. The first-order chi connectivity index (χ1) is 12.0. The summed E-state index contributed by atoms with van der Waals surface area (Å²) in [4.78, 5) is 27.1. The summed E-state index contributed by atoms with van der Waals surface area (Å²) in [5.41, 5.74) is 0.306. The zero-order valence-corrected chi connectivity index (χ0v) is 14.5. The highest BCUT2D eigenvalue weighted by Crippen LogP contribution is 2.53. The van der Waals surface area contributed by atoms with Gasteiger partial charge in [-0.2, -0.15) is 0 Å². The summed E-state index contributed by atoms with van der Waals surface area (Å²) in [7, 11) is 2.97. The van der Waals surface area contributed by atoms with Crippen LogP contribution >= 0.6 is 0 Å². The van der Waals surface area contributed by atoms with Gasteiger partial charge in [0.05, 0.1) is 38.8 Å². The Hall–Kier alpha value is -2.34. The highest BCUT2D eigenvalue weighted by Gasteiger charge is 2.67. The van der Waals surface area contributed by atoms with Gasteiger partial charge in [-0.3, -0.25) is 9.59 Å². The molecule has 6 heteroatoms. The number of likely N-dealkylation sites (tertiary alicyclic amines) is 1. The average Bonchev–Trinajstić information content (AvgIpc) is 3.29. The van der Waals surface area contributed by atoms with Gasteiger partial charge >= 0.3 is 5.97 Å². The Morgan fingerprint density at radius 2 is 2.04 bits per heavy atom. The third-order valence-corrected chi connectivity index (χ3v) is 5.67. The van der Waals surface area contributed by atoms with Gasteiger partial charge in [0.1, 0.15) is 17.3 Å². The molecular formula is C19H21NO5. The molecule has 3 heterocycles. The van der Waals surface area contributed by atoms with Crippen molar-refractivity contribution in [3.8, 4) is 5.75 Å². The smallest absolute Gasteiger partial charge is 0.312 e. The van der Waals surface area contributed by atoms with Crippen molar-refractivity contribution in [1.29, 1.82) is 0 Å². The van der Waals surface area contributed by atoms with Gasteiger partial charge in [-0.25, -0.2) is 0 Å². The van der Waals surface area contributed by atoms with Crippen LogP contribution in [0.1, 0.15) is 18.5 Å². The standard InChI is InChI=1S/C19H21NO5/c1-11(12-4-6-13(23-2)7-5-12)20-10-19-9-8-14(25-19)15(18(22)24-3)16(19)17(20)21/h4-9,11,14-16H,10H2,1-3H3/t11-,14-,15-,16+,19-/m1/s1. The van der Waals surface area contributed by atoms with Gasteiger partial charge in [-0.15, -0.1) is 0 Å². The number of hydrogen-bond acceptors (Lipinski definition) is 5. The van der Waals surface area contributed by atoms with Crippen molar-refractivity contribution < 1.29 is 23.8 Å². The van der Waals surface area contributed by atoms with E-state index in [1.54, 1.807) is 12.0 Å². The fourth-order valence-corrected chi connectivity index (χ4v) is 4.32. The minimum atomic E-state index is -0.707. The van der Waals surface area contributed by atoms with Gasteiger partial charge in [-0.05, 0) is 24.6 Å². The molecule has 1 aromatic carbocycles. The van der Waals surface area contributed by atoms with Gasteiger partial charge in [0.15, 0.2) is 0 Å². The monoisotopic (exact) mass is 343 g/mol. The number of carbonyl (C=O) groups excluding carboxylic acids is 2. The molecule has 1 amide bonds. The Morgan fingerprint density at radius 1 is 1.32 bits per heavy atom. The van der Waals surface area contributed by atoms with E-state index in [1.165, 1.54) is 7.11 Å². The minimum Gasteiger partial charge on any atom is -0.497 e. The third-order valence-electron chi connectivity index (χ3n) is 5.67. The van der Waals surface area contributed by atoms with Crippen molar-refractivity contribution in [3.05, 3.63) is 42.0 Å². The van der Waals surface area contributed by atoms with E-state index in [4.69, 9.17) is 14.2 Å². The molecule has 132 valence electrons. The van der Waals surface area contributed by atoms with Crippen molar-refractivity contribution in [2.75, 3.05) is 20.8 Å². The fraction of sp³-hybridized carbons (Fsp3) is 0.474. The molecule has 6 nitrogen and oxygen atoms in total. The van der Waals surface area contributed by atoms with Crippen LogP contribution in [0.2, 0.25) is 0 Å². The molecule has 4 rings (SSSR count). The van der Waals surface area contributed by atoms with E-state index in [0.29, 0.717) is 6.54 Å². The van der Waals surface area contributed by atoms with Gasteiger partial charge < -0.3 is 19.1 Å². The number of amides is 1. The number of fused-ring (bicyclic) bond motifs is 1. The lowest BCUT2D eigenvalue weighted by Gasteiger charge is -2.27. The van der Waals surface area contributed by atoms with Crippen LogP contribution in [-0.2, 0) is 19.1 Å². The van der Waals surface area contributed by atoms with E-state index < -0.39 is 17.4 Å². The average molecular weight is 343 g/mol. The van der Waals surface area contributed by atoms with E-state index in [0.717, 1.165) is 11.3 Å². The summed E-state index contributed by atoms with van der Waals surface area (Å²) in [6.07, 6.45) is 3.47. The number of rotatable bonds is 4. The molecule has 1 spiro atoms. The first kappa shape index (κ1) is 16.1. The first-order valence-corrected chi connectivity index (χ1v) is 8.40. The van der Waals surface area contributed by atoms with Crippen molar-refractivity contribution in [2.45, 2.75) is 24.7 Å². The normalized spacial score (nSPS) is 33.5. The van der Waals surface area contributed by atoms with Gasteiger partial charge in [-0.1, -0.05) is 24.3 Å². The van der Waals surface area contributed by atoms with E-state index in [9.17, 15) is 9.59 Å². The maximum atomic E-state index is 13.1. The van der Waals surface area contributed by atoms with Crippen LogP contribution in [0.15, 0.2) is 36.4 Å². The molecule has 0 aliphatic carbocycles. The maximum Gasteiger partial charge on any atom is 0.312 e. The number of esters is 1. The Kier molecular flexibility index (Phi) is 3.61. The van der Waals surface area contributed by atoms with E-state index >= 15 is 0 Å². The number of benzene rings is 1. The Balaban J connectivity index is 1.62. The molecule has 0 unspecified atom stereocenters. The summed E-state index contributed by atoms with van der Waals surface area (Å²) >= 11 is 0. The number of methoxy groups -OCH3 is 2. The molecule has 1 aromatic rings. The number of hydrogen-bond donors (Lipinski definition) is 0. The molecule has 2 bridgehead atoms. The van der Waals surface area contributed by atoms with Crippen molar-refractivity contribution in [1.82, 2.24) is 4.90 Å². The molecule has 0 saturated carbocycles. The molecule has 0 radical (unpaired) electrons. The zero-order valence-electron chi connectivity index (χ0n) is 14.5. The molecule has 2 saturated heterocycles. The molecule has 25 heavy (non-hydrogen) atoms. The third kappa shape index (κ3) is 2.20. The summed E-state index contributed by atoms with van der Waals surface area (Å²) < 4.78 is 16.1.